The minimum Gasteiger partial charge on any atom is -0.362 e. The average Bonchev–Trinajstić information content (AvgIpc) is 3.48. The van der Waals surface area contributed by atoms with E-state index < -0.39 is 24.0 Å². The summed E-state index contributed by atoms with van der Waals surface area (Å²) in [7, 11) is 0. The molecule has 51 heavy (non-hydrogen) atoms. The lowest BCUT2D eigenvalue weighted by molar-refractivity contribution is -0.141. The number of unbranched alkanes of at least 4 members (excludes halogenated alkanes) is 1. The number of hydrogen-bond acceptors (Lipinski definition) is 9. The minimum atomic E-state index is -4.48. The zero-order chi connectivity index (χ0) is 37.5. The summed E-state index contributed by atoms with van der Waals surface area (Å²) in [4.78, 5) is 32.4. The molecule has 3 aliphatic rings. The molecule has 1 aromatic carbocycles. The summed E-state index contributed by atoms with van der Waals surface area (Å²) < 4.78 is 39.7. The van der Waals surface area contributed by atoms with Crippen LogP contribution in [0.25, 0.3) is 0 Å². The molecule has 0 saturated heterocycles. The lowest BCUT2D eigenvalue weighted by Gasteiger charge is -2.41. The Balaban J connectivity index is 0.00000100. The zero-order valence-electron chi connectivity index (χ0n) is 30.4. The van der Waals surface area contributed by atoms with E-state index in [0.717, 1.165) is 79.9 Å². The highest BCUT2D eigenvalue weighted by Crippen LogP contribution is 2.47. The molecule has 0 bridgehead atoms. The maximum absolute atomic E-state index is 13.9. The summed E-state index contributed by atoms with van der Waals surface area (Å²) in [6.07, 6.45) is 12.3. The number of fused-ring (bicyclic) bond motifs is 1. The highest BCUT2D eigenvalue weighted by Gasteiger charge is 2.47. The maximum Gasteiger partial charge on any atom is 0.405 e. The van der Waals surface area contributed by atoms with Crippen LogP contribution >= 0.6 is 11.9 Å². The molecule has 1 unspecified atom stereocenters. The molecule has 1 atom stereocenters. The van der Waals surface area contributed by atoms with E-state index in [4.69, 9.17) is 9.63 Å². The number of carbonyl (C=O) groups is 2. The molecule has 2 aliphatic carbocycles. The second kappa shape index (κ2) is 23.8. The molecule has 1 amide bonds. The predicted octanol–water partition coefficient (Wildman–Crippen LogP) is 7.18. The molecule has 0 saturated carbocycles. The summed E-state index contributed by atoms with van der Waals surface area (Å²) in [6, 6.07) is 7.75. The summed E-state index contributed by atoms with van der Waals surface area (Å²) in [5, 5.41) is 11.5. The van der Waals surface area contributed by atoms with Crippen LogP contribution in [0.5, 0.6) is 0 Å². The number of amides is 1. The first-order valence-electron chi connectivity index (χ1n) is 17.5. The molecule has 0 aromatic heterocycles. The van der Waals surface area contributed by atoms with Crippen LogP contribution in [0.1, 0.15) is 77.3 Å². The van der Waals surface area contributed by atoms with Crippen molar-refractivity contribution in [1.29, 1.82) is 0 Å². The monoisotopic (exact) mass is 732 g/mol. The number of alkyl halides is 3. The molecule has 0 radical (unpaired) electrons. The van der Waals surface area contributed by atoms with Gasteiger partial charge in [0, 0.05) is 23.9 Å². The van der Waals surface area contributed by atoms with Gasteiger partial charge in [0.05, 0.1) is 5.41 Å². The number of hydrogen-bond donors (Lipinski definition) is 4. The van der Waals surface area contributed by atoms with Crippen LogP contribution in [0.4, 0.5) is 13.2 Å². The van der Waals surface area contributed by atoms with Gasteiger partial charge in [-0.1, -0.05) is 67.1 Å². The van der Waals surface area contributed by atoms with E-state index in [1.54, 1.807) is 25.1 Å². The number of oxime groups is 1. The highest BCUT2D eigenvalue weighted by molar-refractivity contribution is 8.00. The highest BCUT2D eigenvalue weighted by atomic mass is 32.2. The van der Waals surface area contributed by atoms with E-state index in [1.807, 2.05) is 80.7 Å². The van der Waals surface area contributed by atoms with Gasteiger partial charge >= 0.3 is 6.18 Å². The Bertz CT molecular complexity index is 1410. The van der Waals surface area contributed by atoms with Gasteiger partial charge in [0.2, 0.25) is 5.91 Å². The Kier molecular flexibility index (Phi) is 20.3. The average molecular weight is 733 g/mol. The number of carbonyl (C=O) groups excluding carboxylic acids is 2. The fraction of sp³-hybridized carbons (Fsp3) is 0.500. The minimum absolute atomic E-state index is 0.464. The molecule has 1 aromatic rings. The van der Waals surface area contributed by atoms with Gasteiger partial charge in [-0.15, -0.1) is 0 Å². The Morgan fingerprint density at radius 2 is 1.92 bits per heavy atom. The van der Waals surface area contributed by atoms with Crippen molar-refractivity contribution < 1.29 is 27.6 Å². The van der Waals surface area contributed by atoms with Crippen molar-refractivity contribution in [3.05, 3.63) is 93.8 Å². The summed E-state index contributed by atoms with van der Waals surface area (Å²) in [5.41, 5.74) is 6.73. The first-order valence-corrected chi connectivity index (χ1v) is 18.3. The molecule has 282 valence electrons. The van der Waals surface area contributed by atoms with Gasteiger partial charge in [-0.25, -0.2) is 0 Å². The number of nitrogens with zero attached hydrogens (tertiary/aromatic N) is 2. The first kappa shape index (κ1) is 43.5. The van der Waals surface area contributed by atoms with Crippen LogP contribution in [0.3, 0.4) is 0 Å². The lowest BCUT2D eigenvalue weighted by Crippen LogP contribution is -2.50. The lowest BCUT2D eigenvalue weighted by atomic mass is 9.62. The topological polar surface area (TPSA) is 107 Å². The van der Waals surface area contributed by atoms with Crippen molar-refractivity contribution >= 4 is 30.9 Å². The number of hydrazine groups is 1. The predicted molar refractivity (Wildman–Crippen MR) is 203 cm³/mol. The number of rotatable bonds is 17. The number of allylic oxidation sites excluding steroid dienone is 7. The third-order valence-corrected chi connectivity index (χ3v) is 9.18. The van der Waals surface area contributed by atoms with E-state index in [1.165, 1.54) is 5.70 Å². The number of benzene rings is 1. The van der Waals surface area contributed by atoms with Crippen LogP contribution in [0, 0.1) is 0 Å². The standard InChI is InChI=1S/C34H47F3N4O2.C3H6N2S.CH2O/c1-4-22-41(24-13-20-38-21-18-27(3)43-40-5-2)23-12-11-19-33(32(42)39-26-34(35,36)37)30-16-8-6-7-14-28(30)25-29-15-9-10-17-31(29)33;1-3-2-6-5-4-3;1-2/h5-10,14-15,17-18,38H,4,11-13,16,19-26H2,1-3H3,(H,39,42);2,4-5H,1H3;1H2/b27-18+,40-5+;;. The summed E-state index contributed by atoms with van der Waals surface area (Å²) in [6.45, 7) is 12.9. The quantitative estimate of drug-likeness (QED) is 0.0439. The normalized spacial score (nSPS) is 18.1. The van der Waals surface area contributed by atoms with Gasteiger partial charge in [-0.2, -0.15) is 18.0 Å². The number of halogens is 3. The van der Waals surface area contributed by atoms with Crippen LogP contribution in [-0.2, 0) is 26.3 Å². The molecule has 4 N–H and O–H groups in total. The fourth-order valence-electron chi connectivity index (χ4n) is 6.28. The third-order valence-electron chi connectivity index (χ3n) is 8.49. The molecular weight excluding hydrogens is 678 g/mol. The second-order valence-corrected chi connectivity index (χ2v) is 13.0. The molecule has 13 heteroatoms. The van der Waals surface area contributed by atoms with E-state index in [0.29, 0.717) is 25.8 Å². The van der Waals surface area contributed by atoms with Crippen LogP contribution in [-0.4, -0.2) is 69.3 Å². The fourth-order valence-corrected chi connectivity index (χ4v) is 6.80. The van der Waals surface area contributed by atoms with Gasteiger partial charge in [0.25, 0.3) is 0 Å². The summed E-state index contributed by atoms with van der Waals surface area (Å²) >= 11 is 1.56. The Labute approximate surface area is 306 Å². The van der Waals surface area contributed by atoms with E-state index in [-0.39, 0.29) is 0 Å². The molecule has 0 spiro atoms. The maximum atomic E-state index is 13.9. The van der Waals surface area contributed by atoms with Gasteiger partial charge in [0.15, 0.2) is 0 Å². The molecule has 0 fully saturated rings. The van der Waals surface area contributed by atoms with Gasteiger partial charge in [-0.05, 0) is 126 Å². The van der Waals surface area contributed by atoms with Crippen LogP contribution in [0.15, 0.2) is 87.8 Å². The zero-order valence-corrected chi connectivity index (χ0v) is 31.2. The van der Waals surface area contributed by atoms with E-state index in [9.17, 15) is 18.0 Å². The molecule has 1 aliphatic heterocycles. The Morgan fingerprint density at radius 3 is 2.59 bits per heavy atom. The SMILES string of the molecule is C/C=N/O/C(C)=C/CNCCCN(CCC)CCCCC1(C(=O)NCC(F)(F)F)C2=C(C=CC=CC2)Cc2ccccc21.C=O.CC1=CSNN1. The molecule has 9 nitrogen and oxygen atoms in total. The molecular formula is C38H55F3N6O3S. The van der Waals surface area contributed by atoms with Gasteiger partial charge in [0.1, 0.15) is 19.1 Å². The second-order valence-electron chi connectivity index (χ2n) is 12.3. The Morgan fingerprint density at radius 1 is 1.16 bits per heavy atom. The number of nitrogens with one attached hydrogen (secondary N) is 4. The largest absolute Gasteiger partial charge is 0.405 e. The van der Waals surface area contributed by atoms with Crippen molar-refractivity contribution in [1.82, 2.24) is 25.8 Å². The molecule has 1 heterocycles. The van der Waals surface area contributed by atoms with Gasteiger partial charge in [-0.3, -0.25) is 4.79 Å². The van der Waals surface area contributed by atoms with Crippen molar-refractivity contribution in [3.8, 4) is 0 Å². The van der Waals surface area contributed by atoms with Crippen molar-refractivity contribution in [3.63, 3.8) is 0 Å². The Hall–Kier alpha value is -3.65. The van der Waals surface area contributed by atoms with E-state index >= 15 is 0 Å². The smallest absolute Gasteiger partial charge is 0.362 e. The van der Waals surface area contributed by atoms with Crippen LogP contribution in [0.2, 0.25) is 0 Å². The van der Waals surface area contributed by atoms with Crippen LogP contribution < -0.4 is 20.9 Å². The van der Waals surface area contributed by atoms with E-state index in [2.05, 4.69) is 37.9 Å². The summed E-state index contributed by atoms with van der Waals surface area (Å²) in [5.74, 6) is 0.197. The van der Waals surface area contributed by atoms with Crippen molar-refractivity contribution in [2.24, 2.45) is 5.16 Å². The van der Waals surface area contributed by atoms with Crippen molar-refractivity contribution in [2.45, 2.75) is 84.2 Å². The van der Waals surface area contributed by atoms with Crippen molar-refractivity contribution in [2.75, 3.05) is 39.3 Å². The third kappa shape index (κ3) is 14.9. The van der Waals surface area contributed by atoms with Gasteiger partial charge < -0.3 is 30.6 Å². The molecule has 4 rings (SSSR count). The first-order chi connectivity index (χ1) is 24.6.